The van der Waals surface area contributed by atoms with Crippen molar-refractivity contribution in [2.75, 3.05) is 31.1 Å². The Morgan fingerprint density at radius 3 is 2.64 bits per heavy atom. The van der Waals surface area contributed by atoms with E-state index >= 15 is 0 Å². The fourth-order valence-electron chi connectivity index (χ4n) is 2.94. The quantitative estimate of drug-likeness (QED) is 0.718. The summed E-state index contributed by atoms with van der Waals surface area (Å²) < 4.78 is 7.36. The van der Waals surface area contributed by atoms with Crippen molar-refractivity contribution >= 4 is 11.5 Å². The molecule has 3 aromatic rings. The molecule has 0 bridgehead atoms. The van der Waals surface area contributed by atoms with Gasteiger partial charge in [-0.2, -0.15) is 4.52 Å². The van der Waals surface area contributed by atoms with Crippen LogP contribution in [0.5, 0.6) is 0 Å². The average Bonchev–Trinajstić information content (AvgIpc) is 3.23. The molecule has 1 aliphatic heterocycles. The first kappa shape index (κ1) is 16.0. The summed E-state index contributed by atoms with van der Waals surface area (Å²) in [4.78, 5) is 9.28. The van der Waals surface area contributed by atoms with Crippen molar-refractivity contribution in [3.63, 3.8) is 0 Å². The Bertz CT molecular complexity index is 855. The fraction of sp³-hybridized carbons (Fsp3) is 0.529. The lowest BCUT2D eigenvalue weighted by Gasteiger charge is -2.34. The average molecular weight is 341 g/mol. The van der Waals surface area contributed by atoms with E-state index < -0.39 is 0 Å². The van der Waals surface area contributed by atoms with Crippen LogP contribution in [-0.4, -0.2) is 55.9 Å². The van der Waals surface area contributed by atoms with Crippen LogP contribution in [0.2, 0.25) is 0 Å². The monoisotopic (exact) mass is 341 g/mol. The van der Waals surface area contributed by atoms with E-state index in [1.807, 2.05) is 12.1 Å². The summed E-state index contributed by atoms with van der Waals surface area (Å²) >= 11 is 0. The summed E-state index contributed by atoms with van der Waals surface area (Å²) in [5.41, 5.74) is 1.79. The van der Waals surface area contributed by atoms with Crippen LogP contribution in [0.3, 0.4) is 0 Å². The second kappa shape index (κ2) is 6.11. The Morgan fingerprint density at radius 2 is 1.92 bits per heavy atom. The number of nitrogens with zero attached hydrogens (tertiary/aromatic N) is 7. The maximum Gasteiger partial charge on any atom is 0.208 e. The fourth-order valence-corrected chi connectivity index (χ4v) is 2.94. The van der Waals surface area contributed by atoms with E-state index in [0.29, 0.717) is 0 Å². The minimum absolute atomic E-state index is 0.0208. The molecule has 1 saturated heterocycles. The van der Waals surface area contributed by atoms with E-state index in [1.165, 1.54) is 0 Å². The van der Waals surface area contributed by atoms with Crippen molar-refractivity contribution in [3.05, 3.63) is 36.3 Å². The van der Waals surface area contributed by atoms with Gasteiger partial charge in [0.1, 0.15) is 18.4 Å². The molecule has 3 aromatic heterocycles. The molecule has 132 valence electrons. The third-order valence-electron chi connectivity index (χ3n) is 4.52. The number of hydrogen-bond donors (Lipinski definition) is 0. The van der Waals surface area contributed by atoms with Crippen molar-refractivity contribution in [1.29, 1.82) is 0 Å². The highest BCUT2D eigenvalue weighted by atomic mass is 16.3. The Balaban J connectivity index is 1.37. The van der Waals surface area contributed by atoms with Gasteiger partial charge >= 0.3 is 0 Å². The smallest absolute Gasteiger partial charge is 0.208 e. The van der Waals surface area contributed by atoms with Gasteiger partial charge in [0.2, 0.25) is 5.89 Å². The van der Waals surface area contributed by atoms with Crippen molar-refractivity contribution < 1.29 is 4.42 Å². The second-order valence-electron chi connectivity index (χ2n) is 7.46. The number of aromatic nitrogens is 5. The molecular formula is C17H23N7O. The highest BCUT2D eigenvalue weighted by Gasteiger charge is 2.22. The number of oxazole rings is 1. The zero-order valence-corrected chi connectivity index (χ0v) is 14.9. The van der Waals surface area contributed by atoms with Crippen molar-refractivity contribution in [1.82, 2.24) is 29.7 Å². The summed E-state index contributed by atoms with van der Waals surface area (Å²) in [5.74, 6) is 1.75. The maximum atomic E-state index is 5.65. The predicted octanol–water partition coefficient (Wildman–Crippen LogP) is 1.73. The molecule has 4 heterocycles. The molecule has 0 spiro atoms. The third-order valence-corrected chi connectivity index (χ3v) is 4.52. The topological polar surface area (TPSA) is 75.6 Å². The molecule has 0 aliphatic carbocycles. The second-order valence-corrected chi connectivity index (χ2v) is 7.46. The van der Waals surface area contributed by atoms with Gasteiger partial charge in [-0.1, -0.05) is 20.8 Å². The molecule has 4 rings (SSSR count). The Labute approximate surface area is 146 Å². The van der Waals surface area contributed by atoms with E-state index in [9.17, 15) is 0 Å². The number of anilines is 1. The number of fused-ring (bicyclic) bond motifs is 1. The summed E-state index contributed by atoms with van der Waals surface area (Å²) in [5, 5.41) is 12.4. The summed E-state index contributed by atoms with van der Waals surface area (Å²) in [6.07, 6.45) is 3.41. The molecule has 0 radical (unpaired) electrons. The first-order valence-electron chi connectivity index (χ1n) is 8.58. The van der Waals surface area contributed by atoms with Gasteiger partial charge in [0.15, 0.2) is 5.65 Å². The van der Waals surface area contributed by atoms with Gasteiger partial charge in [-0.3, -0.25) is 4.90 Å². The lowest BCUT2D eigenvalue weighted by atomic mass is 9.93. The molecule has 8 nitrogen and oxygen atoms in total. The third kappa shape index (κ3) is 3.34. The first-order chi connectivity index (χ1) is 12.0. The van der Waals surface area contributed by atoms with Gasteiger partial charge < -0.3 is 9.32 Å². The van der Waals surface area contributed by atoms with E-state index in [4.69, 9.17) is 4.42 Å². The van der Waals surface area contributed by atoms with Crippen molar-refractivity contribution in [2.24, 2.45) is 0 Å². The molecular weight excluding hydrogens is 318 g/mol. The van der Waals surface area contributed by atoms with Gasteiger partial charge in [-0.15, -0.1) is 15.3 Å². The molecule has 25 heavy (non-hydrogen) atoms. The van der Waals surface area contributed by atoms with Crippen LogP contribution in [0.15, 0.2) is 29.1 Å². The maximum absolute atomic E-state index is 5.65. The molecule has 0 amide bonds. The number of hydrogen-bond acceptors (Lipinski definition) is 7. The van der Waals surface area contributed by atoms with Gasteiger partial charge in [-0.05, 0) is 12.1 Å². The zero-order chi connectivity index (χ0) is 17.4. The van der Waals surface area contributed by atoms with Crippen LogP contribution in [0.25, 0.3) is 5.65 Å². The van der Waals surface area contributed by atoms with Crippen LogP contribution >= 0.6 is 0 Å². The van der Waals surface area contributed by atoms with Crippen LogP contribution < -0.4 is 4.90 Å². The SMILES string of the molecule is CC(C)(C)c1coc(CN2CCN(c3ccc4nncn4n3)CC2)n1. The highest BCUT2D eigenvalue weighted by molar-refractivity contribution is 5.45. The molecule has 0 unspecified atom stereocenters. The van der Waals surface area contributed by atoms with E-state index in [-0.39, 0.29) is 5.41 Å². The van der Waals surface area contributed by atoms with Gasteiger partial charge in [0, 0.05) is 31.6 Å². The van der Waals surface area contributed by atoms with E-state index in [0.717, 1.165) is 55.8 Å². The van der Waals surface area contributed by atoms with Crippen LogP contribution in [0, 0.1) is 0 Å². The normalized spacial score (nSPS) is 16.7. The molecule has 1 aliphatic rings. The van der Waals surface area contributed by atoms with Crippen molar-refractivity contribution in [2.45, 2.75) is 32.7 Å². The minimum Gasteiger partial charge on any atom is -0.447 e. The Morgan fingerprint density at radius 1 is 1.12 bits per heavy atom. The van der Waals surface area contributed by atoms with E-state index in [2.05, 4.69) is 50.9 Å². The standard InChI is InChI=1S/C17H23N7O/c1-17(2,3)13-11-25-16(19-13)10-22-6-8-23(9-7-22)15-5-4-14-20-18-12-24(14)21-15/h4-5,11-12H,6-10H2,1-3H3. The minimum atomic E-state index is 0.0208. The number of rotatable bonds is 3. The Kier molecular flexibility index (Phi) is 3.91. The molecule has 0 atom stereocenters. The summed E-state index contributed by atoms with van der Waals surface area (Å²) in [7, 11) is 0. The summed E-state index contributed by atoms with van der Waals surface area (Å²) in [6.45, 7) is 10.9. The van der Waals surface area contributed by atoms with Crippen molar-refractivity contribution in [3.8, 4) is 0 Å². The summed E-state index contributed by atoms with van der Waals surface area (Å²) in [6, 6.07) is 3.95. The van der Waals surface area contributed by atoms with Gasteiger partial charge in [0.05, 0.1) is 12.2 Å². The first-order valence-corrected chi connectivity index (χ1v) is 8.58. The lowest BCUT2D eigenvalue weighted by molar-refractivity contribution is 0.225. The number of piperazine rings is 1. The molecule has 0 N–H and O–H groups in total. The molecule has 1 fully saturated rings. The van der Waals surface area contributed by atoms with Crippen LogP contribution in [0.1, 0.15) is 32.4 Å². The Hall–Kier alpha value is -2.48. The molecule has 0 saturated carbocycles. The molecule has 0 aromatic carbocycles. The highest BCUT2D eigenvalue weighted by Crippen LogP contribution is 2.22. The lowest BCUT2D eigenvalue weighted by Crippen LogP contribution is -2.46. The van der Waals surface area contributed by atoms with Crippen LogP contribution in [0.4, 0.5) is 5.82 Å². The van der Waals surface area contributed by atoms with Gasteiger partial charge in [-0.25, -0.2) is 4.98 Å². The molecule has 8 heteroatoms. The predicted molar refractivity (Wildman–Crippen MR) is 93.5 cm³/mol. The largest absolute Gasteiger partial charge is 0.447 e. The van der Waals surface area contributed by atoms with E-state index in [1.54, 1.807) is 17.1 Å². The van der Waals surface area contributed by atoms with Gasteiger partial charge in [0.25, 0.3) is 0 Å². The van der Waals surface area contributed by atoms with Crippen LogP contribution in [-0.2, 0) is 12.0 Å². The zero-order valence-electron chi connectivity index (χ0n) is 14.9.